The fraction of sp³-hybridized carbons (Fsp3) is 0. The van der Waals surface area contributed by atoms with E-state index in [2.05, 4.69) is 76.1 Å². The standard InChI is InChI=1S/C43H22N4O2/c1-44-32-21-23-37-38-25(13-8-15-28(32)38)27-20-22-35-39(42(27)49-37)30-12-3-6-18-34(30)47(35)43-45-33-17-5-2-11-29(33)40(46-43)31-16-9-14-26-24-10-4-7-19-36(24)48-41(26)31/h2-23H. The highest BCUT2D eigenvalue weighted by Gasteiger charge is 2.27. The molecule has 0 amide bonds. The Hall–Kier alpha value is -6.97. The molecule has 1 aliphatic heterocycles. The molecule has 3 aromatic heterocycles. The Morgan fingerprint density at radius 3 is 2.20 bits per heavy atom. The minimum absolute atomic E-state index is 0.563. The molecule has 0 spiro atoms. The summed E-state index contributed by atoms with van der Waals surface area (Å²) in [4.78, 5) is 14.3. The van der Waals surface area contributed by atoms with Gasteiger partial charge in [-0.05, 0) is 53.4 Å². The Morgan fingerprint density at radius 1 is 0.551 bits per heavy atom. The first-order valence-corrected chi connectivity index (χ1v) is 16.1. The van der Waals surface area contributed by atoms with Crippen LogP contribution in [0.5, 0.6) is 11.5 Å². The van der Waals surface area contributed by atoms with Crippen LogP contribution in [0, 0.1) is 6.57 Å². The highest BCUT2D eigenvalue weighted by molar-refractivity contribution is 6.18. The van der Waals surface area contributed by atoms with Crippen LogP contribution in [0.1, 0.15) is 0 Å². The molecule has 226 valence electrons. The lowest BCUT2D eigenvalue weighted by atomic mass is 9.92. The van der Waals surface area contributed by atoms with Gasteiger partial charge in [-0.2, -0.15) is 0 Å². The highest BCUT2D eigenvalue weighted by Crippen LogP contribution is 2.52. The first kappa shape index (κ1) is 26.1. The fourth-order valence-electron chi connectivity index (χ4n) is 7.74. The number of hydrogen-bond acceptors (Lipinski definition) is 4. The van der Waals surface area contributed by atoms with E-state index in [1.807, 2.05) is 66.7 Å². The van der Waals surface area contributed by atoms with E-state index in [4.69, 9.17) is 25.7 Å². The zero-order chi connectivity index (χ0) is 32.2. The van der Waals surface area contributed by atoms with Crippen molar-refractivity contribution >= 4 is 71.1 Å². The molecule has 0 atom stereocenters. The van der Waals surface area contributed by atoms with Crippen LogP contribution in [0.3, 0.4) is 0 Å². The maximum Gasteiger partial charge on any atom is 0.235 e. The van der Waals surface area contributed by atoms with E-state index in [-0.39, 0.29) is 0 Å². The fourth-order valence-corrected chi connectivity index (χ4v) is 7.74. The largest absolute Gasteiger partial charge is 0.455 e. The maximum absolute atomic E-state index is 7.72. The quantitative estimate of drug-likeness (QED) is 0.179. The summed E-state index contributed by atoms with van der Waals surface area (Å²) in [5, 5.41) is 6.97. The smallest absolute Gasteiger partial charge is 0.235 e. The number of aromatic nitrogens is 3. The third-order valence-corrected chi connectivity index (χ3v) is 9.84. The van der Waals surface area contributed by atoms with Crippen molar-refractivity contribution in [1.82, 2.24) is 14.5 Å². The number of para-hydroxylation sites is 4. The van der Waals surface area contributed by atoms with Crippen LogP contribution in [0.25, 0.3) is 98.6 Å². The van der Waals surface area contributed by atoms with Crippen molar-refractivity contribution in [3.05, 3.63) is 145 Å². The van der Waals surface area contributed by atoms with E-state index in [1.165, 1.54) is 0 Å². The van der Waals surface area contributed by atoms with Gasteiger partial charge in [0.2, 0.25) is 5.95 Å². The van der Waals surface area contributed by atoms with Crippen LogP contribution in [-0.2, 0) is 0 Å². The van der Waals surface area contributed by atoms with Crippen LogP contribution in [0.4, 0.5) is 5.69 Å². The third-order valence-electron chi connectivity index (χ3n) is 9.84. The second-order valence-electron chi connectivity index (χ2n) is 12.4. The van der Waals surface area contributed by atoms with E-state index < -0.39 is 0 Å². The summed E-state index contributed by atoms with van der Waals surface area (Å²) >= 11 is 0. The molecule has 0 saturated heterocycles. The van der Waals surface area contributed by atoms with Gasteiger partial charge in [-0.15, -0.1) is 0 Å². The summed E-state index contributed by atoms with van der Waals surface area (Å²) in [6.45, 7) is 7.72. The zero-order valence-electron chi connectivity index (χ0n) is 25.8. The minimum Gasteiger partial charge on any atom is -0.455 e. The van der Waals surface area contributed by atoms with Crippen LogP contribution >= 0.6 is 0 Å². The Morgan fingerprint density at radius 2 is 1.31 bits per heavy atom. The number of fused-ring (bicyclic) bond motifs is 10. The average molecular weight is 627 g/mol. The van der Waals surface area contributed by atoms with Crippen molar-refractivity contribution in [2.45, 2.75) is 0 Å². The van der Waals surface area contributed by atoms with E-state index >= 15 is 0 Å². The molecule has 0 radical (unpaired) electrons. The molecule has 4 heterocycles. The van der Waals surface area contributed by atoms with Gasteiger partial charge in [-0.3, -0.25) is 4.57 Å². The molecule has 0 aliphatic carbocycles. The van der Waals surface area contributed by atoms with Gasteiger partial charge in [0.1, 0.15) is 22.7 Å². The average Bonchev–Trinajstić information content (AvgIpc) is 3.71. The SMILES string of the molecule is [C-]#[N+]c1ccc2c3c(cccc13)-c1ccc3c(c1O2)c1ccccc1n3-c1nc(-c2cccc3c2oc2ccccc23)c2ccccc2n1. The molecule has 6 heteroatoms. The predicted octanol–water partition coefficient (Wildman–Crippen LogP) is 11.8. The van der Waals surface area contributed by atoms with Crippen LogP contribution in [-0.4, -0.2) is 14.5 Å². The van der Waals surface area contributed by atoms with Gasteiger partial charge in [0.25, 0.3) is 0 Å². The summed E-state index contributed by atoms with van der Waals surface area (Å²) in [6.07, 6.45) is 0. The molecule has 6 nitrogen and oxygen atoms in total. The Bertz CT molecular complexity index is 3110. The lowest BCUT2D eigenvalue weighted by molar-refractivity contribution is 0.493. The molecule has 10 aromatic rings. The van der Waals surface area contributed by atoms with Gasteiger partial charge in [-0.25, -0.2) is 14.8 Å². The van der Waals surface area contributed by atoms with E-state index in [0.29, 0.717) is 11.6 Å². The predicted molar refractivity (Wildman–Crippen MR) is 196 cm³/mol. The van der Waals surface area contributed by atoms with E-state index in [0.717, 1.165) is 99.3 Å². The molecule has 0 unspecified atom stereocenters. The van der Waals surface area contributed by atoms with Gasteiger partial charge >= 0.3 is 0 Å². The Labute approximate surface area is 278 Å². The highest BCUT2D eigenvalue weighted by atomic mass is 16.5. The summed E-state index contributed by atoms with van der Waals surface area (Å²) in [7, 11) is 0. The van der Waals surface area contributed by atoms with Crippen molar-refractivity contribution in [2.24, 2.45) is 0 Å². The first-order chi connectivity index (χ1) is 24.3. The minimum atomic E-state index is 0.563. The van der Waals surface area contributed by atoms with E-state index in [1.54, 1.807) is 0 Å². The zero-order valence-corrected chi connectivity index (χ0v) is 25.8. The third kappa shape index (κ3) is 3.48. The molecule has 0 fully saturated rings. The summed E-state index contributed by atoms with van der Waals surface area (Å²) < 4.78 is 15.4. The van der Waals surface area contributed by atoms with Gasteiger partial charge < -0.3 is 9.15 Å². The van der Waals surface area contributed by atoms with Crippen molar-refractivity contribution in [3.63, 3.8) is 0 Å². The Kier molecular flexibility index (Phi) is 5.09. The lowest BCUT2D eigenvalue weighted by Crippen LogP contribution is -2.04. The van der Waals surface area contributed by atoms with Crippen LogP contribution in [0.15, 0.2) is 138 Å². The van der Waals surface area contributed by atoms with Crippen molar-refractivity contribution in [1.29, 1.82) is 0 Å². The van der Waals surface area contributed by atoms with Gasteiger partial charge in [-0.1, -0.05) is 91.0 Å². The molecule has 11 rings (SSSR count). The first-order valence-electron chi connectivity index (χ1n) is 16.1. The number of nitrogens with zero attached hydrogens (tertiary/aromatic N) is 4. The molecular weight excluding hydrogens is 604 g/mol. The lowest BCUT2D eigenvalue weighted by Gasteiger charge is -2.22. The van der Waals surface area contributed by atoms with Crippen LogP contribution < -0.4 is 4.74 Å². The summed E-state index contributed by atoms with van der Waals surface area (Å²) in [5.41, 5.74) is 8.80. The Balaban J connectivity index is 1.22. The van der Waals surface area contributed by atoms with E-state index in [9.17, 15) is 0 Å². The molecule has 7 aromatic carbocycles. The van der Waals surface area contributed by atoms with Crippen LogP contribution in [0.2, 0.25) is 0 Å². The number of rotatable bonds is 2. The van der Waals surface area contributed by atoms with Crippen molar-refractivity contribution < 1.29 is 9.15 Å². The molecule has 0 N–H and O–H groups in total. The summed E-state index contributed by atoms with van der Waals surface area (Å²) in [5.74, 6) is 2.10. The second kappa shape index (κ2) is 9.54. The van der Waals surface area contributed by atoms with Gasteiger partial charge in [0.05, 0.1) is 34.2 Å². The van der Waals surface area contributed by atoms with Crippen molar-refractivity contribution in [2.75, 3.05) is 0 Å². The molecule has 1 aliphatic rings. The molecular formula is C43H22N4O2. The topological polar surface area (TPSA) is 57.4 Å². The number of ether oxygens (including phenoxy) is 1. The maximum atomic E-state index is 7.72. The second-order valence-corrected chi connectivity index (χ2v) is 12.4. The number of benzene rings is 7. The monoisotopic (exact) mass is 626 g/mol. The van der Waals surface area contributed by atoms with Gasteiger partial charge in [0, 0.05) is 38.1 Å². The number of hydrogen-bond donors (Lipinski definition) is 0. The summed E-state index contributed by atoms with van der Waals surface area (Å²) in [6, 6.07) is 45.0. The van der Waals surface area contributed by atoms with Gasteiger partial charge in [0.15, 0.2) is 5.69 Å². The molecule has 0 saturated carbocycles. The molecule has 49 heavy (non-hydrogen) atoms. The normalized spacial score (nSPS) is 12.2. The van der Waals surface area contributed by atoms with Crippen molar-refractivity contribution in [3.8, 4) is 39.8 Å². The molecule has 0 bridgehead atoms. The number of furan rings is 1.